The zero-order chi connectivity index (χ0) is 24.6. The van der Waals surface area contributed by atoms with Crippen LogP contribution in [0.5, 0.6) is 0 Å². The Morgan fingerprint density at radius 3 is 2.47 bits per heavy atom. The van der Waals surface area contributed by atoms with E-state index in [0.29, 0.717) is 17.9 Å². The Balaban J connectivity index is 1.13. The Morgan fingerprint density at radius 1 is 1.00 bits per heavy atom. The number of anilines is 1. The van der Waals surface area contributed by atoms with Gasteiger partial charge in [0.2, 0.25) is 0 Å². The van der Waals surface area contributed by atoms with Crippen LogP contribution in [-0.2, 0) is 0 Å². The molecule has 6 nitrogen and oxygen atoms in total. The second kappa shape index (κ2) is 9.88. The van der Waals surface area contributed by atoms with E-state index in [1.54, 1.807) is 0 Å². The molecule has 0 bridgehead atoms. The molecule has 0 N–H and O–H groups in total. The summed E-state index contributed by atoms with van der Waals surface area (Å²) in [4.78, 5) is 7.69. The first-order chi connectivity index (χ1) is 17.6. The number of fused-ring (bicyclic) bond motifs is 1. The summed E-state index contributed by atoms with van der Waals surface area (Å²) in [6.07, 6.45) is 7.54. The van der Waals surface area contributed by atoms with Crippen molar-refractivity contribution >= 4 is 11.2 Å². The lowest BCUT2D eigenvalue weighted by Gasteiger charge is -2.40. The molecule has 1 atom stereocenters. The van der Waals surface area contributed by atoms with Gasteiger partial charge in [-0.1, -0.05) is 24.3 Å². The highest BCUT2D eigenvalue weighted by atomic mass is 15.3. The molecule has 36 heavy (non-hydrogen) atoms. The van der Waals surface area contributed by atoms with Gasteiger partial charge in [-0.15, -0.1) is 0 Å². The van der Waals surface area contributed by atoms with Gasteiger partial charge < -0.3 is 9.80 Å². The van der Waals surface area contributed by atoms with E-state index in [1.165, 1.54) is 47.4 Å². The Kier molecular flexibility index (Phi) is 6.45. The van der Waals surface area contributed by atoms with E-state index in [-0.39, 0.29) is 0 Å². The van der Waals surface area contributed by atoms with Crippen molar-refractivity contribution in [2.75, 3.05) is 50.7 Å². The van der Waals surface area contributed by atoms with Crippen molar-refractivity contribution < 1.29 is 0 Å². The monoisotopic (exact) mass is 482 g/mol. The second-order valence-corrected chi connectivity index (χ2v) is 11.4. The van der Waals surface area contributed by atoms with E-state index < -0.39 is 0 Å². The minimum absolute atomic E-state index is 0.305. The summed E-state index contributed by atoms with van der Waals surface area (Å²) >= 11 is 0. The predicted molar refractivity (Wildman–Crippen MR) is 145 cm³/mol. The lowest BCUT2D eigenvalue weighted by atomic mass is 9.75. The van der Waals surface area contributed by atoms with Gasteiger partial charge in [-0.25, -0.2) is 4.52 Å². The minimum Gasteiger partial charge on any atom is -0.367 e. The number of aromatic nitrogens is 2. The third-order valence-electron chi connectivity index (χ3n) is 8.80. The van der Waals surface area contributed by atoms with Crippen molar-refractivity contribution in [3.63, 3.8) is 0 Å². The van der Waals surface area contributed by atoms with Crippen LogP contribution in [0.1, 0.15) is 44.6 Å². The van der Waals surface area contributed by atoms with E-state index in [1.807, 2.05) is 10.7 Å². The van der Waals surface area contributed by atoms with Gasteiger partial charge in [-0.2, -0.15) is 10.4 Å². The fourth-order valence-corrected chi connectivity index (χ4v) is 6.43. The van der Waals surface area contributed by atoms with Crippen LogP contribution in [0.2, 0.25) is 0 Å². The van der Waals surface area contributed by atoms with Gasteiger partial charge in [0.25, 0.3) is 0 Å². The van der Waals surface area contributed by atoms with Gasteiger partial charge in [-0.3, -0.25) is 4.90 Å². The highest BCUT2D eigenvalue weighted by molar-refractivity contribution is 5.80. The summed E-state index contributed by atoms with van der Waals surface area (Å²) in [6, 6.07) is 16.8. The van der Waals surface area contributed by atoms with Gasteiger partial charge in [0.15, 0.2) is 0 Å². The fourth-order valence-electron chi connectivity index (χ4n) is 6.43. The smallest absolute Gasteiger partial charge is 0.0886 e. The van der Waals surface area contributed by atoms with Crippen LogP contribution in [0.25, 0.3) is 16.6 Å². The molecule has 6 rings (SSSR count). The summed E-state index contributed by atoms with van der Waals surface area (Å²) in [7, 11) is 0. The Labute approximate surface area is 215 Å². The summed E-state index contributed by atoms with van der Waals surface area (Å²) in [6.45, 7) is 12.4. The lowest BCUT2D eigenvalue weighted by Crippen LogP contribution is -2.49. The molecule has 1 aromatic carbocycles. The summed E-state index contributed by atoms with van der Waals surface area (Å²) in [5.74, 6) is 1.67. The molecule has 0 spiro atoms. The molecule has 0 radical (unpaired) electrons. The molecule has 4 heterocycles. The number of nitrogens with zero attached hydrogens (tertiary/aromatic N) is 6. The average molecular weight is 483 g/mol. The molecule has 0 amide bonds. The van der Waals surface area contributed by atoms with Crippen molar-refractivity contribution in [2.45, 2.75) is 45.1 Å². The van der Waals surface area contributed by atoms with Crippen LogP contribution >= 0.6 is 0 Å². The van der Waals surface area contributed by atoms with E-state index in [4.69, 9.17) is 5.26 Å². The summed E-state index contributed by atoms with van der Waals surface area (Å²) < 4.78 is 2.04. The number of likely N-dealkylation sites (tertiary alicyclic amines) is 1. The maximum absolute atomic E-state index is 9.03. The number of benzene rings is 1. The zero-order valence-electron chi connectivity index (χ0n) is 21.7. The molecular weight excluding hydrogens is 444 g/mol. The molecule has 2 aliphatic heterocycles. The standard InChI is InChI=1S/C30H38N6/c1-22(2)35-10-8-27(20-35)25-3-5-26(6-4-25)28-17-30-29(7-9-32-36(30)21-28)34-13-11-33(12-14-34)19-24-15-23(16-24)18-31/h3-7,9,17,21-24,27H,8,10-16,19-20H2,1-2H3/t23?,24?,27-/m1/s1. The number of hydrogen-bond acceptors (Lipinski definition) is 5. The van der Waals surface area contributed by atoms with Crippen LogP contribution in [0.3, 0.4) is 0 Å². The van der Waals surface area contributed by atoms with E-state index in [0.717, 1.165) is 51.5 Å². The number of nitriles is 1. The fraction of sp³-hybridized carbons (Fsp3) is 0.533. The van der Waals surface area contributed by atoms with Crippen LogP contribution in [-0.4, -0.2) is 71.3 Å². The highest BCUT2D eigenvalue weighted by Gasteiger charge is 2.31. The van der Waals surface area contributed by atoms with E-state index in [2.05, 4.69) is 82.3 Å². The molecule has 1 saturated carbocycles. The molecule has 3 aliphatic rings. The van der Waals surface area contributed by atoms with Gasteiger partial charge in [0, 0.05) is 69.2 Å². The van der Waals surface area contributed by atoms with Crippen LogP contribution in [0.4, 0.5) is 5.69 Å². The SMILES string of the molecule is CC(C)N1CC[C@@H](c2ccc(-c3cc4c(N5CCN(CC6CC(C#N)C6)CC5)ccnn4c3)cc2)C1. The molecule has 2 aromatic heterocycles. The minimum atomic E-state index is 0.305. The summed E-state index contributed by atoms with van der Waals surface area (Å²) in [5.41, 5.74) is 6.42. The Bertz CT molecular complexity index is 1220. The quantitative estimate of drug-likeness (QED) is 0.502. The zero-order valence-corrected chi connectivity index (χ0v) is 21.7. The topological polar surface area (TPSA) is 50.8 Å². The molecular formula is C30H38N6. The molecule has 188 valence electrons. The predicted octanol–water partition coefficient (Wildman–Crippen LogP) is 4.87. The normalized spacial score (nSPS) is 25.4. The second-order valence-electron chi connectivity index (χ2n) is 11.4. The average Bonchev–Trinajstić information content (AvgIpc) is 3.54. The molecule has 6 heteroatoms. The van der Waals surface area contributed by atoms with Gasteiger partial charge in [0.05, 0.1) is 17.3 Å². The van der Waals surface area contributed by atoms with Crippen LogP contribution in [0.15, 0.2) is 48.8 Å². The van der Waals surface area contributed by atoms with Gasteiger partial charge >= 0.3 is 0 Å². The van der Waals surface area contributed by atoms with Crippen molar-refractivity contribution in [2.24, 2.45) is 11.8 Å². The van der Waals surface area contributed by atoms with Crippen molar-refractivity contribution in [1.82, 2.24) is 19.4 Å². The number of hydrogen-bond donors (Lipinski definition) is 0. The van der Waals surface area contributed by atoms with E-state index in [9.17, 15) is 0 Å². The Hall–Kier alpha value is -2.88. The number of piperazine rings is 1. The van der Waals surface area contributed by atoms with Crippen LogP contribution < -0.4 is 4.90 Å². The molecule has 1 aliphatic carbocycles. The highest BCUT2D eigenvalue weighted by Crippen LogP contribution is 2.35. The third-order valence-corrected chi connectivity index (χ3v) is 8.80. The van der Waals surface area contributed by atoms with Gasteiger partial charge in [-0.05, 0) is 74.8 Å². The molecule has 3 fully saturated rings. The first-order valence-electron chi connectivity index (χ1n) is 13.8. The largest absolute Gasteiger partial charge is 0.367 e. The maximum atomic E-state index is 9.03. The van der Waals surface area contributed by atoms with Crippen molar-refractivity contribution in [3.8, 4) is 17.2 Å². The number of rotatable bonds is 6. The third kappa shape index (κ3) is 4.63. The van der Waals surface area contributed by atoms with Crippen molar-refractivity contribution in [3.05, 3.63) is 54.4 Å². The Morgan fingerprint density at radius 2 is 1.78 bits per heavy atom. The first-order valence-corrected chi connectivity index (χ1v) is 13.8. The molecule has 2 saturated heterocycles. The first kappa shape index (κ1) is 23.5. The van der Waals surface area contributed by atoms with Crippen molar-refractivity contribution in [1.29, 1.82) is 5.26 Å². The maximum Gasteiger partial charge on any atom is 0.0886 e. The molecule has 3 aromatic rings. The van der Waals surface area contributed by atoms with E-state index >= 15 is 0 Å². The van der Waals surface area contributed by atoms with Gasteiger partial charge in [0.1, 0.15) is 0 Å². The summed E-state index contributed by atoms with van der Waals surface area (Å²) in [5, 5.41) is 13.7. The lowest BCUT2D eigenvalue weighted by molar-refractivity contribution is 0.145. The molecule has 0 unspecified atom stereocenters. The van der Waals surface area contributed by atoms with Crippen LogP contribution in [0, 0.1) is 23.2 Å².